The van der Waals surface area contributed by atoms with Crippen LogP contribution in [0, 0.1) is 5.82 Å². The van der Waals surface area contributed by atoms with Gasteiger partial charge in [-0.3, -0.25) is 4.79 Å². The van der Waals surface area contributed by atoms with Crippen molar-refractivity contribution in [2.24, 2.45) is 5.10 Å². The lowest BCUT2D eigenvalue weighted by Crippen LogP contribution is -2.16. The summed E-state index contributed by atoms with van der Waals surface area (Å²) in [6.07, 6.45) is 1.50. The number of halogens is 4. The molecular weight excluding hydrogens is 611 g/mol. The number of hydrazone groups is 1. The highest BCUT2D eigenvalue weighted by Gasteiger charge is 2.12. The monoisotopic (exact) mass is 622 g/mol. The summed E-state index contributed by atoms with van der Waals surface area (Å²) in [5.74, 6) is -0.0299. The topological polar surface area (TPSA) is 63.8 Å². The Morgan fingerprint density at radius 3 is 2.59 bits per heavy atom. The van der Waals surface area contributed by atoms with Crippen LogP contribution in [0.1, 0.15) is 21.7 Å². The fraction of sp³-hybridized carbons (Fsp3) is 0.0435. The zero-order valence-electron chi connectivity index (χ0n) is 16.2. The Balaban J connectivity index is 1.41. The zero-order valence-corrected chi connectivity index (χ0v) is 21.0. The van der Waals surface area contributed by atoms with E-state index in [0.29, 0.717) is 20.3 Å². The van der Waals surface area contributed by atoms with Crippen LogP contribution in [-0.2, 0) is 6.61 Å². The van der Waals surface area contributed by atoms with Crippen LogP contribution in [0.3, 0.4) is 0 Å². The van der Waals surface area contributed by atoms with Crippen molar-refractivity contribution < 1.29 is 18.3 Å². The molecule has 0 unspecified atom stereocenters. The van der Waals surface area contributed by atoms with Crippen LogP contribution in [0.15, 0.2) is 83.6 Å². The molecule has 4 rings (SSSR count). The van der Waals surface area contributed by atoms with Crippen molar-refractivity contribution in [1.82, 2.24) is 5.43 Å². The van der Waals surface area contributed by atoms with Gasteiger partial charge in [-0.1, -0.05) is 28.1 Å². The summed E-state index contributed by atoms with van der Waals surface area (Å²) in [6.45, 7) is 0.215. The minimum atomic E-state index is -0.457. The van der Waals surface area contributed by atoms with E-state index in [1.54, 1.807) is 36.4 Å². The number of amides is 1. The first-order chi connectivity index (χ1) is 15.4. The smallest absolute Gasteiger partial charge is 0.307 e. The van der Waals surface area contributed by atoms with Crippen LogP contribution in [0.2, 0.25) is 0 Å². The molecule has 0 saturated carbocycles. The van der Waals surface area contributed by atoms with Crippen LogP contribution < -0.4 is 10.2 Å². The molecule has 32 heavy (non-hydrogen) atoms. The molecule has 0 atom stereocenters. The third-order valence-corrected chi connectivity index (χ3v) is 6.05. The SMILES string of the molecule is O=C(N/N=C/c1cc(Br)c(OCc2cccc(F)c2)c(Br)c1)c1cc2cc(Br)ccc2o1. The van der Waals surface area contributed by atoms with Crippen molar-refractivity contribution in [3.05, 3.63) is 96.8 Å². The summed E-state index contributed by atoms with van der Waals surface area (Å²) < 4.78 is 27.0. The van der Waals surface area contributed by atoms with Crippen LogP contribution in [0.25, 0.3) is 11.0 Å². The maximum atomic E-state index is 13.3. The van der Waals surface area contributed by atoms with Crippen molar-refractivity contribution in [2.45, 2.75) is 6.61 Å². The van der Waals surface area contributed by atoms with Crippen LogP contribution in [0.5, 0.6) is 5.75 Å². The van der Waals surface area contributed by atoms with Gasteiger partial charge in [0.25, 0.3) is 0 Å². The zero-order chi connectivity index (χ0) is 22.7. The van der Waals surface area contributed by atoms with E-state index in [1.165, 1.54) is 18.3 Å². The number of fused-ring (bicyclic) bond motifs is 1. The lowest BCUT2D eigenvalue weighted by atomic mass is 10.2. The molecular formula is C23H14Br3FN2O3. The van der Waals surface area contributed by atoms with Gasteiger partial charge in [-0.05, 0) is 91.5 Å². The third-order valence-electron chi connectivity index (χ3n) is 4.37. The molecule has 162 valence electrons. The molecule has 4 aromatic rings. The molecule has 9 heteroatoms. The second kappa shape index (κ2) is 9.97. The molecule has 0 aliphatic rings. The molecule has 0 saturated heterocycles. The number of ether oxygens (including phenoxy) is 1. The fourth-order valence-electron chi connectivity index (χ4n) is 2.92. The minimum absolute atomic E-state index is 0.165. The third kappa shape index (κ3) is 5.46. The van der Waals surface area contributed by atoms with Gasteiger partial charge < -0.3 is 9.15 Å². The molecule has 1 amide bonds. The van der Waals surface area contributed by atoms with E-state index >= 15 is 0 Å². The summed E-state index contributed by atoms with van der Waals surface area (Å²) in [5.41, 5.74) is 4.51. The average Bonchev–Trinajstić information content (AvgIpc) is 3.16. The van der Waals surface area contributed by atoms with Crippen molar-refractivity contribution in [2.75, 3.05) is 0 Å². The predicted molar refractivity (Wildman–Crippen MR) is 132 cm³/mol. The molecule has 5 nitrogen and oxygen atoms in total. The van der Waals surface area contributed by atoms with E-state index < -0.39 is 5.91 Å². The first-order valence-corrected chi connectivity index (χ1v) is 11.7. The molecule has 1 heterocycles. The molecule has 0 fully saturated rings. The number of benzene rings is 3. The van der Waals surface area contributed by atoms with Gasteiger partial charge in [0.15, 0.2) is 5.76 Å². The Hall–Kier alpha value is -2.49. The Morgan fingerprint density at radius 1 is 1.06 bits per heavy atom. The largest absolute Gasteiger partial charge is 0.487 e. The van der Waals surface area contributed by atoms with Gasteiger partial charge in [-0.15, -0.1) is 0 Å². The predicted octanol–water partition coefficient (Wildman–Crippen LogP) is 7.20. The highest BCUT2D eigenvalue weighted by atomic mass is 79.9. The summed E-state index contributed by atoms with van der Waals surface area (Å²) in [5, 5.41) is 4.82. The maximum Gasteiger partial charge on any atom is 0.307 e. The molecule has 0 spiro atoms. The number of furan rings is 1. The van der Waals surface area contributed by atoms with Crippen molar-refractivity contribution >= 4 is 70.9 Å². The summed E-state index contributed by atoms with van der Waals surface area (Å²) in [4.78, 5) is 12.3. The van der Waals surface area contributed by atoms with Gasteiger partial charge in [-0.25, -0.2) is 9.82 Å². The molecule has 1 aromatic heterocycles. The van der Waals surface area contributed by atoms with Gasteiger partial charge in [0.05, 0.1) is 15.2 Å². The van der Waals surface area contributed by atoms with Gasteiger partial charge in [-0.2, -0.15) is 5.10 Å². The number of rotatable bonds is 6. The Morgan fingerprint density at radius 2 is 1.84 bits per heavy atom. The lowest BCUT2D eigenvalue weighted by Gasteiger charge is -2.11. The quantitative estimate of drug-likeness (QED) is 0.182. The summed E-state index contributed by atoms with van der Waals surface area (Å²) in [7, 11) is 0. The summed E-state index contributed by atoms with van der Waals surface area (Å²) in [6, 6.07) is 17.0. The number of hydrogen-bond acceptors (Lipinski definition) is 4. The maximum absolute atomic E-state index is 13.3. The standard InChI is InChI=1S/C23H14Br3FN2O3/c24-16-4-5-20-15(9-16)10-21(32-20)23(30)29-28-11-14-7-18(25)22(19(26)8-14)31-12-13-2-1-3-17(27)6-13/h1-11H,12H2,(H,29,30)/b28-11+. The summed E-state index contributed by atoms with van der Waals surface area (Å²) >= 11 is 10.3. The van der Waals surface area contributed by atoms with Crippen LogP contribution in [-0.4, -0.2) is 12.1 Å². The number of carbonyl (C=O) groups excluding carboxylic acids is 1. The van der Waals surface area contributed by atoms with E-state index in [1.807, 2.05) is 12.1 Å². The van der Waals surface area contributed by atoms with Gasteiger partial charge in [0, 0.05) is 9.86 Å². The Kier molecular flexibility index (Phi) is 7.07. The van der Waals surface area contributed by atoms with E-state index in [-0.39, 0.29) is 18.2 Å². The highest BCUT2D eigenvalue weighted by molar-refractivity contribution is 9.11. The van der Waals surface area contributed by atoms with Gasteiger partial charge in [0.1, 0.15) is 23.8 Å². The minimum Gasteiger partial charge on any atom is -0.487 e. The second-order valence-corrected chi connectivity index (χ2v) is 9.35. The molecule has 0 bridgehead atoms. The van der Waals surface area contributed by atoms with E-state index in [4.69, 9.17) is 9.15 Å². The fourth-order valence-corrected chi connectivity index (χ4v) is 4.75. The molecule has 1 N–H and O–H groups in total. The second-order valence-electron chi connectivity index (χ2n) is 6.72. The van der Waals surface area contributed by atoms with Crippen LogP contribution in [0.4, 0.5) is 4.39 Å². The lowest BCUT2D eigenvalue weighted by molar-refractivity contribution is 0.0929. The van der Waals surface area contributed by atoms with Crippen LogP contribution >= 0.6 is 47.8 Å². The average molecular weight is 625 g/mol. The molecule has 3 aromatic carbocycles. The molecule has 0 radical (unpaired) electrons. The Bertz CT molecular complexity index is 1310. The van der Waals surface area contributed by atoms with Crippen molar-refractivity contribution in [3.8, 4) is 5.75 Å². The number of hydrogen-bond donors (Lipinski definition) is 1. The molecule has 0 aliphatic carbocycles. The first kappa shape index (κ1) is 22.7. The highest BCUT2D eigenvalue weighted by Crippen LogP contribution is 2.35. The van der Waals surface area contributed by atoms with E-state index in [9.17, 15) is 9.18 Å². The number of nitrogens with one attached hydrogen (secondary N) is 1. The number of carbonyl (C=O) groups is 1. The van der Waals surface area contributed by atoms with Gasteiger partial charge in [0.2, 0.25) is 0 Å². The Labute approximate surface area is 208 Å². The first-order valence-electron chi connectivity index (χ1n) is 9.28. The van der Waals surface area contributed by atoms with E-state index in [0.717, 1.165) is 21.0 Å². The van der Waals surface area contributed by atoms with Gasteiger partial charge >= 0.3 is 5.91 Å². The molecule has 0 aliphatic heterocycles. The van der Waals surface area contributed by atoms with E-state index in [2.05, 4.69) is 58.3 Å². The number of nitrogens with zero attached hydrogens (tertiary/aromatic N) is 1. The van der Waals surface area contributed by atoms with Crippen molar-refractivity contribution in [3.63, 3.8) is 0 Å². The van der Waals surface area contributed by atoms with Crippen molar-refractivity contribution in [1.29, 1.82) is 0 Å². The normalized spacial score (nSPS) is 11.2.